The first-order valence-electron chi connectivity index (χ1n) is 5.67. The van der Waals surface area contributed by atoms with Crippen LogP contribution < -0.4 is 5.32 Å². The third kappa shape index (κ3) is 4.34. The summed E-state index contributed by atoms with van der Waals surface area (Å²) in [5.74, 6) is 0.659. The quantitative estimate of drug-likeness (QED) is 0.751. The molecule has 3 nitrogen and oxygen atoms in total. The van der Waals surface area contributed by atoms with E-state index in [1.165, 1.54) is 6.07 Å². The number of benzene rings is 1. The van der Waals surface area contributed by atoms with Gasteiger partial charge in [0.2, 0.25) is 0 Å². The molecule has 0 bridgehead atoms. The van der Waals surface area contributed by atoms with Crippen molar-refractivity contribution < 1.29 is 9.90 Å². The Kier molecular flexibility index (Phi) is 4.83. The largest absolute Gasteiger partial charge is 0.508 e. The first kappa shape index (κ1) is 12.6. The summed E-state index contributed by atoms with van der Waals surface area (Å²) in [6, 6.07) is 6.38. The minimum Gasteiger partial charge on any atom is -0.508 e. The molecule has 0 radical (unpaired) electrons. The third-order valence-electron chi connectivity index (χ3n) is 2.35. The monoisotopic (exact) mass is 221 g/mol. The fourth-order valence-electron chi connectivity index (χ4n) is 1.46. The van der Waals surface area contributed by atoms with Crippen molar-refractivity contribution in [1.82, 2.24) is 5.32 Å². The van der Waals surface area contributed by atoms with E-state index in [9.17, 15) is 9.90 Å². The molecule has 0 aliphatic carbocycles. The summed E-state index contributed by atoms with van der Waals surface area (Å²) in [5.41, 5.74) is 0.504. The lowest BCUT2D eigenvalue weighted by molar-refractivity contribution is 0.0952. The molecule has 0 spiro atoms. The molecule has 0 fully saturated rings. The van der Waals surface area contributed by atoms with Crippen LogP contribution in [0.4, 0.5) is 0 Å². The molecule has 16 heavy (non-hydrogen) atoms. The Bertz CT molecular complexity index is 348. The highest BCUT2D eigenvalue weighted by Gasteiger charge is 2.04. The van der Waals surface area contributed by atoms with Crippen LogP contribution in [0.2, 0.25) is 0 Å². The smallest absolute Gasteiger partial charge is 0.251 e. The van der Waals surface area contributed by atoms with Gasteiger partial charge in [0.05, 0.1) is 0 Å². The predicted molar refractivity (Wildman–Crippen MR) is 64.5 cm³/mol. The van der Waals surface area contributed by atoms with Crippen molar-refractivity contribution in [1.29, 1.82) is 0 Å². The van der Waals surface area contributed by atoms with E-state index in [0.717, 1.165) is 12.8 Å². The third-order valence-corrected chi connectivity index (χ3v) is 2.35. The Hall–Kier alpha value is -1.51. The Balaban J connectivity index is 2.35. The first-order chi connectivity index (χ1) is 7.59. The van der Waals surface area contributed by atoms with Crippen LogP contribution in [0.5, 0.6) is 5.75 Å². The summed E-state index contributed by atoms with van der Waals surface area (Å²) < 4.78 is 0. The lowest BCUT2D eigenvalue weighted by Gasteiger charge is -2.07. The Morgan fingerprint density at radius 3 is 2.81 bits per heavy atom. The molecule has 0 atom stereocenters. The standard InChI is InChI=1S/C13H19NO2/c1-10(2)5-4-8-14-13(16)11-6-3-7-12(15)9-11/h3,6-7,9-10,15H,4-5,8H2,1-2H3,(H,14,16). The second-order valence-electron chi connectivity index (χ2n) is 4.34. The normalized spacial score (nSPS) is 10.4. The maximum Gasteiger partial charge on any atom is 0.251 e. The zero-order valence-electron chi connectivity index (χ0n) is 9.86. The van der Waals surface area contributed by atoms with E-state index in [-0.39, 0.29) is 11.7 Å². The van der Waals surface area contributed by atoms with Gasteiger partial charge in [-0.2, -0.15) is 0 Å². The van der Waals surface area contributed by atoms with Crippen LogP contribution in [-0.4, -0.2) is 17.6 Å². The number of amides is 1. The van der Waals surface area contributed by atoms with E-state index in [1.807, 2.05) is 0 Å². The molecular formula is C13H19NO2. The van der Waals surface area contributed by atoms with Crippen molar-refractivity contribution in [2.75, 3.05) is 6.54 Å². The molecule has 3 heteroatoms. The molecular weight excluding hydrogens is 202 g/mol. The number of carbonyl (C=O) groups excluding carboxylic acids is 1. The van der Waals surface area contributed by atoms with Gasteiger partial charge < -0.3 is 10.4 Å². The highest BCUT2D eigenvalue weighted by atomic mass is 16.3. The second-order valence-corrected chi connectivity index (χ2v) is 4.34. The van der Waals surface area contributed by atoms with Crippen LogP contribution in [0.3, 0.4) is 0 Å². The van der Waals surface area contributed by atoms with Gasteiger partial charge in [-0.05, 0) is 37.0 Å². The molecule has 0 unspecified atom stereocenters. The van der Waals surface area contributed by atoms with Crippen LogP contribution in [0.15, 0.2) is 24.3 Å². The summed E-state index contributed by atoms with van der Waals surface area (Å²) in [5, 5.41) is 12.1. The Morgan fingerprint density at radius 2 is 2.19 bits per heavy atom. The summed E-state index contributed by atoms with van der Waals surface area (Å²) in [7, 11) is 0. The minimum atomic E-state index is -0.125. The van der Waals surface area contributed by atoms with Gasteiger partial charge in [0, 0.05) is 12.1 Å². The van der Waals surface area contributed by atoms with Gasteiger partial charge in [0.15, 0.2) is 0 Å². The summed E-state index contributed by atoms with van der Waals surface area (Å²) in [6.07, 6.45) is 2.10. The van der Waals surface area contributed by atoms with E-state index >= 15 is 0 Å². The molecule has 2 N–H and O–H groups in total. The molecule has 0 aliphatic rings. The number of rotatable bonds is 5. The lowest BCUT2D eigenvalue weighted by Crippen LogP contribution is -2.24. The van der Waals surface area contributed by atoms with E-state index in [2.05, 4.69) is 19.2 Å². The molecule has 0 aliphatic heterocycles. The topological polar surface area (TPSA) is 49.3 Å². The number of hydrogen-bond acceptors (Lipinski definition) is 2. The number of nitrogens with one attached hydrogen (secondary N) is 1. The molecule has 1 aromatic rings. The van der Waals surface area contributed by atoms with Crippen LogP contribution in [-0.2, 0) is 0 Å². The van der Waals surface area contributed by atoms with Gasteiger partial charge in [0.25, 0.3) is 5.91 Å². The average Bonchev–Trinajstić information content (AvgIpc) is 2.24. The SMILES string of the molecule is CC(C)CCCNC(=O)c1cccc(O)c1. The molecule has 0 heterocycles. The van der Waals surface area contributed by atoms with Gasteiger partial charge in [-0.1, -0.05) is 19.9 Å². The van der Waals surface area contributed by atoms with Crippen molar-refractivity contribution in [3.8, 4) is 5.75 Å². The summed E-state index contributed by atoms with van der Waals surface area (Å²) >= 11 is 0. The van der Waals surface area contributed by atoms with Crippen molar-refractivity contribution in [3.63, 3.8) is 0 Å². The second kappa shape index (κ2) is 6.16. The predicted octanol–water partition coefficient (Wildman–Crippen LogP) is 2.56. The summed E-state index contributed by atoms with van der Waals surface area (Å²) in [6.45, 7) is 5.01. The first-order valence-corrected chi connectivity index (χ1v) is 5.67. The Morgan fingerprint density at radius 1 is 1.44 bits per heavy atom. The van der Waals surface area contributed by atoms with Crippen LogP contribution in [0.1, 0.15) is 37.0 Å². The van der Waals surface area contributed by atoms with Gasteiger partial charge in [0.1, 0.15) is 5.75 Å². The van der Waals surface area contributed by atoms with Crippen molar-refractivity contribution in [2.24, 2.45) is 5.92 Å². The fraction of sp³-hybridized carbons (Fsp3) is 0.462. The number of phenolic OH excluding ortho intramolecular Hbond substituents is 1. The fourth-order valence-corrected chi connectivity index (χ4v) is 1.46. The van der Waals surface area contributed by atoms with Gasteiger partial charge in [-0.15, -0.1) is 0 Å². The van der Waals surface area contributed by atoms with Gasteiger partial charge >= 0.3 is 0 Å². The average molecular weight is 221 g/mol. The van der Waals surface area contributed by atoms with E-state index in [4.69, 9.17) is 0 Å². The molecule has 0 saturated heterocycles. The number of aromatic hydroxyl groups is 1. The van der Waals surface area contributed by atoms with Gasteiger partial charge in [-0.25, -0.2) is 0 Å². The highest BCUT2D eigenvalue weighted by molar-refractivity contribution is 5.94. The maximum absolute atomic E-state index is 11.6. The van der Waals surface area contributed by atoms with E-state index in [1.54, 1.807) is 18.2 Å². The van der Waals surface area contributed by atoms with Crippen molar-refractivity contribution in [3.05, 3.63) is 29.8 Å². The molecule has 1 aromatic carbocycles. The molecule has 88 valence electrons. The highest BCUT2D eigenvalue weighted by Crippen LogP contribution is 2.10. The number of phenols is 1. The van der Waals surface area contributed by atoms with Crippen molar-refractivity contribution in [2.45, 2.75) is 26.7 Å². The summed E-state index contributed by atoms with van der Waals surface area (Å²) in [4.78, 5) is 11.6. The number of hydrogen-bond donors (Lipinski definition) is 2. The molecule has 1 rings (SSSR count). The van der Waals surface area contributed by atoms with Gasteiger partial charge in [-0.3, -0.25) is 4.79 Å². The van der Waals surface area contributed by atoms with E-state index < -0.39 is 0 Å². The molecule has 0 aromatic heterocycles. The van der Waals surface area contributed by atoms with E-state index in [0.29, 0.717) is 18.0 Å². The van der Waals surface area contributed by atoms with Crippen LogP contribution in [0.25, 0.3) is 0 Å². The maximum atomic E-state index is 11.6. The van der Waals surface area contributed by atoms with Crippen molar-refractivity contribution >= 4 is 5.91 Å². The molecule has 0 saturated carbocycles. The minimum absolute atomic E-state index is 0.120. The lowest BCUT2D eigenvalue weighted by atomic mass is 10.1. The molecule has 1 amide bonds. The van der Waals surface area contributed by atoms with Crippen LogP contribution in [0, 0.1) is 5.92 Å². The Labute approximate surface area is 96.5 Å². The number of carbonyl (C=O) groups is 1. The zero-order chi connectivity index (χ0) is 12.0. The van der Waals surface area contributed by atoms with Crippen LogP contribution >= 0.6 is 0 Å². The zero-order valence-corrected chi connectivity index (χ0v) is 9.86.